The van der Waals surface area contributed by atoms with Gasteiger partial charge in [0.1, 0.15) is 11.4 Å². The minimum atomic E-state index is -5.49. The van der Waals surface area contributed by atoms with E-state index in [0.29, 0.717) is 37.6 Å². The van der Waals surface area contributed by atoms with Crippen LogP contribution in [0.15, 0.2) is 97.2 Å². The molecule has 1 heterocycles. The van der Waals surface area contributed by atoms with Crippen LogP contribution in [0.5, 0.6) is 0 Å². The molecule has 3 aromatic carbocycles. The van der Waals surface area contributed by atoms with Crippen molar-refractivity contribution in [3.8, 4) is 0 Å². The number of benzene rings is 3. The summed E-state index contributed by atoms with van der Waals surface area (Å²) in [5, 5.41) is 2.11. The molecule has 0 aliphatic carbocycles. The van der Waals surface area contributed by atoms with Crippen LogP contribution in [0.3, 0.4) is 0 Å². The number of aromatic nitrogens is 1. The van der Waals surface area contributed by atoms with Gasteiger partial charge in [-0.2, -0.15) is 39.5 Å². The number of nitrogens with one attached hydrogen (secondary N) is 1. The van der Waals surface area contributed by atoms with E-state index in [2.05, 4.69) is 10.3 Å². The van der Waals surface area contributed by atoms with Crippen LogP contribution in [0, 0.1) is 5.82 Å². The van der Waals surface area contributed by atoms with Crippen LogP contribution in [0.4, 0.5) is 43.9 Å². The lowest BCUT2D eigenvalue weighted by molar-refractivity contribution is -0.266. The normalized spacial score (nSPS) is 15.2. The average molecular weight is 645 g/mol. The fourth-order valence-electron chi connectivity index (χ4n) is 4.94. The number of ether oxygens (including phenoxy) is 1. The van der Waals surface area contributed by atoms with Crippen molar-refractivity contribution in [2.75, 3.05) is 7.11 Å². The highest BCUT2D eigenvalue weighted by molar-refractivity contribution is 5.89. The van der Waals surface area contributed by atoms with Crippen LogP contribution in [0.25, 0.3) is 0 Å². The van der Waals surface area contributed by atoms with E-state index < -0.39 is 75.8 Å². The van der Waals surface area contributed by atoms with E-state index in [9.17, 15) is 48.7 Å². The van der Waals surface area contributed by atoms with Gasteiger partial charge in [0, 0.05) is 25.3 Å². The molecule has 1 aromatic heterocycles. The van der Waals surface area contributed by atoms with E-state index in [1.54, 1.807) is 6.07 Å². The van der Waals surface area contributed by atoms with Gasteiger partial charge in [-0.1, -0.05) is 60.7 Å². The summed E-state index contributed by atoms with van der Waals surface area (Å²) in [7, 11) is 0.583. The molecular weight excluding hydrogens is 622 g/mol. The number of hydrogen-bond acceptors (Lipinski definition) is 3. The molecule has 0 aliphatic rings. The second-order valence-electron chi connectivity index (χ2n) is 9.93. The van der Waals surface area contributed by atoms with Gasteiger partial charge in [0.15, 0.2) is 0 Å². The minimum Gasteiger partial charge on any atom is -0.356 e. The summed E-state index contributed by atoms with van der Waals surface area (Å²) in [4.78, 5) is 17.8. The zero-order valence-electron chi connectivity index (χ0n) is 23.0. The zero-order valence-corrected chi connectivity index (χ0v) is 23.0. The maximum Gasteiger partial charge on any atom is 0.430 e. The van der Waals surface area contributed by atoms with Crippen molar-refractivity contribution >= 4 is 5.91 Å². The lowest BCUT2D eigenvalue weighted by Crippen LogP contribution is -2.61. The number of nitrogens with zero attached hydrogens (tertiary/aromatic N) is 1. The molecule has 0 fully saturated rings. The molecule has 1 amide bonds. The van der Waals surface area contributed by atoms with Gasteiger partial charge in [-0.3, -0.25) is 9.78 Å². The number of hydrogen-bond donors (Lipinski definition) is 1. The van der Waals surface area contributed by atoms with Crippen LogP contribution in [0.1, 0.15) is 33.5 Å². The Bertz CT molecular complexity index is 1620. The third kappa shape index (κ3) is 6.65. The summed E-state index contributed by atoms with van der Waals surface area (Å²) in [6, 6.07) is 15.1. The number of amides is 1. The molecule has 2 atom stereocenters. The molecule has 0 saturated carbocycles. The second-order valence-corrected chi connectivity index (χ2v) is 9.93. The molecule has 0 saturated heterocycles. The van der Waals surface area contributed by atoms with Crippen molar-refractivity contribution in [3.05, 3.63) is 137 Å². The highest BCUT2D eigenvalue weighted by Crippen LogP contribution is 2.45. The first-order valence-electron chi connectivity index (χ1n) is 12.9. The Morgan fingerprint density at radius 3 is 1.76 bits per heavy atom. The molecule has 4 nitrogen and oxygen atoms in total. The Morgan fingerprint density at radius 2 is 1.27 bits per heavy atom. The van der Waals surface area contributed by atoms with Crippen LogP contribution >= 0.6 is 0 Å². The quantitative estimate of drug-likeness (QED) is 0.198. The predicted molar refractivity (Wildman–Crippen MR) is 141 cm³/mol. The monoisotopic (exact) mass is 644 g/mol. The first-order chi connectivity index (χ1) is 20.9. The van der Waals surface area contributed by atoms with Crippen molar-refractivity contribution in [1.82, 2.24) is 10.3 Å². The highest BCUT2D eigenvalue weighted by Gasteiger charge is 2.64. The predicted octanol–water partition coefficient (Wildman–Crippen LogP) is 7.97. The van der Waals surface area contributed by atoms with Crippen molar-refractivity contribution < 1.29 is 53.4 Å². The van der Waals surface area contributed by atoms with Crippen LogP contribution in [-0.2, 0) is 39.4 Å². The molecule has 0 radical (unpaired) electrons. The molecule has 0 bridgehead atoms. The summed E-state index contributed by atoms with van der Waals surface area (Å²) < 4.78 is 146. The Morgan fingerprint density at radius 1 is 0.711 bits per heavy atom. The summed E-state index contributed by atoms with van der Waals surface area (Å²) in [5.41, 5.74) is -11.2. The van der Waals surface area contributed by atoms with E-state index in [-0.39, 0.29) is 11.6 Å². The zero-order chi connectivity index (χ0) is 33.3. The van der Waals surface area contributed by atoms with Crippen molar-refractivity contribution in [3.63, 3.8) is 0 Å². The molecule has 0 aliphatic heterocycles. The van der Waals surface area contributed by atoms with E-state index in [4.69, 9.17) is 4.74 Å². The van der Waals surface area contributed by atoms with Gasteiger partial charge >= 0.3 is 18.5 Å². The van der Waals surface area contributed by atoms with Gasteiger partial charge in [-0.05, 0) is 41.5 Å². The van der Waals surface area contributed by atoms with E-state index in [1.165, 1.54) is 42.5 Å². The molecule has 238 valence electrons. The maximum atomic E-state index is 14.9. The standard InChI is InChI=1S/C31H22F10N2O2/c1-45-28(31(39,40)41,20-10-6-3-7-11-20)26(44)43-27(17-19-8-4-2-5-9-19,25-13-12-21(18-42-25)29(33,34)35)22-14-23(30(36,37)38)16-24(32)15-22/h2-16,18H,17H2,1H3,(H,43,44)/t27-,28-/m0/s1. The smallest absolute Gasteiger partial charge is 0.356 e. The summed E-state index contributed by atoms with van der Waals surface area (Å²) >= 11 is 0. The topological polar surface area (TPSA) is 51.2 Å². The Kier molecular flexibility index (Phi) is 9.02. The SMILES string of the molecule is CO[C@](C(=O)N[C@@](Cc1ccccc1)(c1cc(F)cc(C(F)(F)F)c1)c1ccc(C(F)(F)F)cn1)(c1ccccc1)C(F)(F)F. The molecule has 0 unspecified atom stereocenters. The molecule has 0 spiro atoms. The molecule has 4 aromatic rings. The number of pyridine rings is 1. The lowest BCUT2D eigenvalue weighted by Gasteiger charge is -2.40. The first-order valence-corrected chi connectivity index (χ1v) is 12.9. The van der Waals surface area contributed by atoms with Crippen molar-refractivity contribution in [2.45, 2.75) is 36.1 Å². The summed E-state index contributed by atoms with van der Waals surface area (Å²) in [5.74, 6) is -3.45. The Labute approximate surface area is 249 Å². The van der Waals surface area contributed by atoms with Crippen molar-refractivity contribution in [1.29, 1.82) is 0 Å². The van der Waals surface area contributed by atoms with Gasteiger partial charge in [-0.15, -0.1) is 0 Å². The van der Waals surface area contributed by atoms with Gasteiger partial charge < -0.3 is 10.1 Å². The third-order valence-corrected chi connectivity index (χ3v) is 7.09. The summed E-state index contributed by atoms with van der Waals surface area (Å²) in [6.07, 6.45) is -16.0. The number of rotatable bonds is 8. The fourth-order valence-corrected chi connectivity index (χ4v) is 4.94. The molecule has 45 heavy (non-hydrogen) atoms. The average Bonchev–Trinajstić information content (AvgIpc) is 2.96. The Hall–Kier alpha value is -4.46. The maximum absolute atomic E-state index is 14.9. The number of alkyl halides is 9. The number of carbonyl (C=O) groups excluding carboxylic acids is 1. The van der Waals surface area contributed by atoms with Crippen LogP contribution < -0.4 is 5.32 Å². The van der Waals surface area contributed by atoms with Gasteiger partial charge in [0.25, 0.3) is 11.5 Å². The highest BCUT2D eigenvalue weighted by atomic mass is 19.4. The number of methoxy groups -OCH3 is 1. The van der Waals surface area contributed by atoms with Gasteiger partial charge in [-0.25, -0.2) is 4.39 Å². The van der Waals surface area contributed by atoms with Gasteiger partial charge in [0.2, 0.25) is 0 Å². The lowest BCUT2D eigenvalue weighted by atomic mass is 9.78. The third-order valence-electron chi connectivity index (χ3n) is 7.09. The largest absolute Gasteiger partial charge is 0.430 e. The first kappa shape index (κ1) is 33.4. The number of halogens is 10. The van der Waals surface area contributed by atoms with Crippen molar-refractivity contribution in [2.24, 2.45) is 0 Å². The Balaban J connectivity index is 2.08. The molecule has 4 rings (SSSR count). The second kappa shape index (κ2) is 12.1. The fraction of sp³-hybridized carbons (Fsp3) is 0.226. The summed E-state index contributed by atoms with van der Waals surface area (Å²) in [6.45, 7) is 0. The van der Waals surface area contributed by atoms with E-state index in [0.717, 1.165) is 12.1 Å². The molecular formula is C31H22F10N2O2. The minimum absolute atomic E-state index is 0.123. The van der Waals surface area contributed by atoms with Gasteiger partial charge in [0.05, 0.1) is 16.8 Å². The van der Waals surface area contributed by atoms with Crippen LogP contribution in [-0.4, -0.2) is 24.2 Å². The van der Waals surface area contributed by atoms with E-state index >= 15 is 0 Å². The molecule has 1 N–H and O–H groups in total. The van der Waals surface area contributed by atoms with E-state index in [1.807, 2.05) is 0 Å². The van der Waals surface area contributed by atoms with Crippen LogP contribution in [0.2, 0.25) is 0 Å². The number of carbonyl (C=O) groups is 1. The molecule has 14 heteroatoms.